The van der Waals surface area contributed by atoms with Crippen molar-refractivity contribution >= 4 is 23.7 Å². The SMILES string of the molecule is CC(=O)NN=Cc1c(C)nn(Cc2ccc(F)cc2)c1Cl. The van der Waals surface area contributed by atoms with E-state index in [0.717, 1.165) is 5.56 Å². The zero-order valence-corrected chi connectivity index (χ0v) is 12.4. The molecule has 0 aliphatic rings. The Kier molecular flexibility index (Phi) is 4.70. The zero-order valence-electron chi connectivity index (χ0n) is 11.6. The molecule has 0 spiro atoms. The maximum atomic E-state index is 12.9. The van der Waals surface area contributed by atoms with E-state index in [4.69, 9.17) is 11.6 Å². The number of aromatic nitrogens is 2. The van der Waals surface area contributed by atoms with E-state index in [9.17, 15) is 9.18 Å². The summed E-state index contributed by atoms with van der Waals surface area (Å²) in [6.45, 7) is 3.58. The summed E-state index contributed by atoms with van der Waals surface area (Å²) in [4.78, 5) is 10.8. The van der Waals surface area contributed by atoms with Crippen LogP contribution in [-0.4, -0.2) is 21.9 Å². The maximum absolute atomic E-state index is 12.9. The Hall–Kier alpha value is -2.21. The third-order valence-corrected chi connectivity index (χ3v) is 3.17. The first-order valence-corrected chi connectivity index (χ1v) is 6.62. The Morgan fingerprint density at radius 3 is 2.76 bits per heavy atom. The number of carbonyl (C=O) groups excluding carboxylic acids is 1. The number of aryl methyl sites for hydroxylation is 1. The van der Waals surface area contributed by atoms with Crippen molar-refractivity contribution < 1.29 is 9.18 Å². The fraction of sp³-hybridized carbons (Fsp3) is 0.214. The summed E-state index contributed by atoms with van der Waals surface area (Å²) in [6.07, 6.45) is 1.45. The van der Waals surface area contributed by atoms with Gasteiger partial charge in [0.05, 0.1) is 24.0 Å². The number of hydrazone groups is 1. The number of hydrogen-bond donors (Lipinski definition) is 1. The summed E-state index contributed by atoms with van der Waals surface area (Å²) >= 11 is 6.25. The summed E-state index contributed by atoms with van der Waals surface area (Å²) in [6, 6.07) is 6.12. The number of nitrogens with zero attached hydrogens (tertiary/aromatic N) is 3. The Morgan fingerprint density at radius 1 is 1.48 bits per heavy atom. The van der Waals surface area contributed by atoms with Crippen LogP contribution in [0.5, 0.6) is 0 Å². The Bertz CT molecular complexity index is 679. The topological polar surface area (TPSA) is 59.3 Å². The molecule has 1 amide bonds. The second-order valence-electron chi connectivity index (χ2n) is 4.50. The lowest BCUT2D eigenvalue weighted by molar-refractivity contribution is -0.118. The normalized spacial score (nSPS) is 11.0. The van der Waals surface area contributed by atoms with E-state index in [0.29, 0.717) is 23.0 Å². The van der Waals surface area contributed by atoms with Gasteiger partial charge in [-0.2, -0.15) is 10.2 Å². The molecule has 5 nitrogen and oxygen atoms in total. The van der Waals surface area contributed by atoms with E-state index in [1.54, 1.807) is 23.7 Å². The molecule has 0 saturated carbocycles. The van der Waals surface area contributed by atoms with Crippen molar-refractivity contribution in [3.8, 4) is 0 Å². The molecule has 2 aromatic rings. The number of benzene rings is 1. The predicted octanol–water partition coefficient (Wildman–Crippen LogP) is 2.50. The number of hydrogen-bond acceptors (Lipinski definition) is 3. The highest BCUT2D eigenvalue weighted by molar-refractivity contribution is 6.32. The van der Waals surface area contributed by atoms with Crippen molar-refractivity contribution in [2.24, 2.45) is 5.10 Å². The molecule has 1 heterocycles. The molecular weight excluding hydrogens is 295 g/mol. The number of halogens is 2. The molecule has 0 aliphatic carbocycles. The zero-order chi connectivity index (χ0) is 15.4. The van der Waals surface area contributed by atoms with Crippen LogP contribution in [0, 0.1) is 12.7 Å². The molecule has 0 atom stereocenters. The average molecular weight is 309 g/mol. The quantitative estimate of drug-likeness (QED) is 0.697. The summed E-state index contributed by atoms with van der Waals surface area (Å²) in [5.74, 6) is -0.552. The lowest BCUT2D eigenvalue weighted by Crippen LogP contribution is -2.12. The first-order valence-electron chi connectivity index (χ1n) is 6.24. The van der Waals surface area contributed by atoms with E-state index >= 15 is 0 Å². The van der Waals surface area contributed by atoms with Gasteiger partial charge in [-0.1, -0.05) is 23.7 Å². The minimum atomic E-state index is -0.287. The standard InChI is InChI=1S/C14H14ClFN4O/c1-9-13(7-17-18-10(2)21)14(15)20(19-9)8-11-3-5-12(16)6-4-11/h3-7H,8H2,1-2H3,(H,18,21). The molecule has 0 aliphatic heterocycles. The number of nitrogens with one attached hydrogen (secondary N) is 1. The highest BCUT2D eigenvalue weighted by atomic mass is 35.5. The van der Waals surface area contributed by atoms with Crippen molar-refractivity contribution in [1.82, 2.24) is 15.2 Å². The predicted molar refractivity (Wildman–Crippen MR) is 78.9 cm³/mol. The third-order valence-electron chi connectivity index (χ3n) is 2.77. The van der Waals surface area contributed by atoms with E-state index in [-0.39, 0.29) is 11.7 Å². The van der Waals surface area contributed by atoms with Crippen LogP contribution < -0.4 is 5.43 Å². The minimum absolute atomic E-state index is 0.265. The summed E-state index contributed by atoms with van der Waals surface area (Å²) in [7, 11) is 0. The fourth-order valence-corrected chi connectivity index (χ4v) is 2.05. The van der Waals surface area contributed by atoms with E-state index < -0.39 is 0 Å². The molecule has 21 heavy (non-hydrogen) atoms. The average Bonchev–Trinajstić information content (AvgIpc) is 2.68. The molecule has 1 aromatic carbocycles. The molecule has 0 fully saturated rings. The van der Waals surface area contributed by atoms with Crippen molar-refractivity contribution in [2.45, 2.75) is 20.4 Å². The largest absolute Gasteiger partial charge is 0.274 e. The lowest BCUT2D eigenvalue weighted by atomic mass is 10.2. The van der Waals surface area contributed by atoms with E-state index in [1.807, 2.05) is 0 Å². The fourth-order valence-electron chi connectivity index (χ4n) is 1.77. The number of rotatable bonds is 4. The highest BCUT2D eigenvalue weighted by Gasteiger charge is 2.12. The second-order valence-corrected chi connectivity index (χ2v) is 4.86. The monoisotopic (exact) mass is 308 g/mol. The van der Waals surface area contributed by atoms with Crippen LogP contribution in [-0.2, 0) is 11.3 Å². The maximum Gasteiger partial charge on any atom is 0.236 e. The molecule has 0 bridgehead atoms. The first kappa shape index (κ1) is 15.2. The van der Waals surface area contributed by atoms with Gasteiger partial charge in [0.1, 0.15) is 11.0 Å². The van der Waals surface area contributed by atoms with Gasteiger partial charge in [0.25, 0.3) is 0 Å². The first-order chi connectivity index (χ1) is 9.97. The van der Waals surface area contributed by atoms with Gasteiger partial charge in [0, 0.05) is 6.92 Å². The molecule has 0 radical (unpaired) electrons. The van der Waals surface area contributed by atoms with Gasteiger partial charge in [-0.3, -0.25) is 4.79 Å². The summed E-state index contributed by atoms with van der Waals surface area (Å²) < 4.78 is 14.5. The van der Waals surface area contributed by atoms with Gasteiger partial charge in [-0.05, 0) is 24.6 Å². The third kappa shape index (κ3) is 3.88. The van der Waals surface area contributed by atoms with E-state index in [2.05, 4.69) is 15.6 Å². The smallest absolute Gasteiger partial charge is 0.236 e. The summed E-state index contributed by atoms with van der Waals surface area (Å²) in [5, 5.41) is 8.50. The Balaban J connectivity index is 2.20. The molecule has 110 valence electrons. The van der Waals surface area contributed by atoms with Crippen LogP contribution in [0.2, 0.25) is 5.15 Å². The minimum Gasteiger partial charge on any atom is -0.274 e. The van der Waals surface area contributed by atoms with Gasteiger partial charge >= 0.3 is 0 Å². The van der Waals surface area contributed by atoms with Crippen molar-refractivity contribution in [1.29, 1.82) is 0 Å². The molecule has 2 rings (SSSR count). The van der Waals surface area contributed by atoms with E-state index in [1.165, 1.54) is 25.3 Å². The number of amides is 1. The molecule has 0 unspecified atom stereocenters. The molecule has 7 heteroatoms. The van der Waals surface area contributed by atoms with Crippen LogP contribution in [0.25, 0.3) is 0 Å². The van der Waals surface area contributed by atoms with Crippen LogP contribution >= 0.6 is 11.6 Å². The summed E-state index contributed by atoms with van der Waals surface area (Å²) in [5.41, 5.74) is 4.51. The van der Waals surface area contributed by atoms with Gasteiger partial charge in [0.2, 0.25) is 5.91 Å². The molecule has 1 N–H and O–H groups in total. The highest BCUT2D eigenvalue weighted by Crippen LogP contribution is 2.19. The Labute approximate surface area is 126 Å². The lowest BCUT2D eigenvalue weighted by Gasteiger charge is -2.03. The van der Waals surface area contributed by atoms with Gasteiger partial charge < -0.3 is 0 Å². The molecular formula is C14H14ClFN4O. The molecule has 1 aromatic heterocycles. The van der Waals surface area contributed by atoms with Gasteiger partial charge in [0.15, 0.2) is 0 Å². The van der Waals surface area contributed by atoms with Crippen LogP contribution in [0.3, 0.4) is 0 Å². The van der Waals surface area contributed by atoms with Crippen LogP contribution in [0.1, 0.15) is 23.7 Å². The van der Waals surface area contributed by atoms with Crippen molar-refractivity contribution in [3.63, 3.8) is 0 Å². The number of carbonyl (C=O) groups is 1. The van der Waals surface area contributed by atoms with Crippen LogP contribution in [0.4, 0.5) is 4.39 Å². The van der Waals surface area contributed by atoms with Crippen molar-refractivity contribution in [3.05, 3.63) is 52.1 Å². The Morgan fingerprint density at radius 2 is 2.14 bits per heavy atom. The molecule has 0 saturated heterocycles. The van der Waals surface area contributed by atoms with Crippen molar-refractivity contribution in [2.75, 3.05) is 0 Å². The van der Waals surface area contributed by atoms with Crippen LogP contribution in [0.15, 0.2) is 29.4 Å². The van der Waals surface area contributed by atoms with Gasteiger partial charge in [-0.15, -0.1) is 0 Å². The van der Waals surface area contributed by atoms with Gasteiger partial charge in [-0.25, -0.2) is 14.5 Å². The second kappa shape index (κ2) is 6.49.